The maximum atomic E-state index is 13.3. The molecule has 0 aliphatic rings. The molecule has 0 aliphatic carbocycles. The lowest BCUT2D eigenvalue weighted by Gasteiger charge is -2.09. The molecule has 0 unspecified atom stereocenters. The summed E-state index contributed by atoms with van der Waals surface area (Å²) in [5, 5.41) is 5.45. The van der Waals surface area contributed by atoms with Gasteiger partial charge in [0.05, 0.1) is 0 Å². The minimum absolute atomic E-state index is 0.0537. The van der Waals surface area contributed by atoms with Crippen molar-refractivity contribution in [2.24, 2.45) is 0 Å². The molecule has 0 atom stereocenters. The minimum Gasteiger partial charge on any atom is -0.371 e. The third-order valence-electron chi connectivity index (χ3n) is 2.23. The third kappa shape index (κ3) is 4.38. The van der Waals surface area contributed by atoms with E-state index in [-0.39, 0.29) is 11.6 Å². The van der Waals surface area contributed by atoms with E-state index < -0.39 is 11.6 Å². The molecule has 0 aliphatic heterocycles. The van der Waals surface area contributed by atoms with Gasteiger partial charge in [-0.05, 0) is 24.9 Å². The first kappa shape index (κ1) is 14.0. The van der Waals surface area contributed by atoms with Crippen molar-refractivity contribution < 1.29 is 8.78 Å². The number of aromatic nitrogens is 1. The summed E-state index contributed by atoms with van der Waals surface area (Å²) in [6.07, 6.45) is 4.05. The van der Waals surface area contributed by atoms with E-state index in [1.54, 1.807) is 18.8 Å². The molecule has 96 valence electrons. The van der Waals surface area contributed by atoms with Crippen LogP contribution in [-0.4, -0.2) is 30.6 Å². The highest BCUT2D eigenvalue weighted by molar-refractivity contribution is 7.98. The minimum atomic E-state index is -0.682. The van der Waals surface area contributed by atoms with Gasteiger partial charge in [0.1, 0.15) is 0 Å². The van der Waals surface area contributed by atoms with Crippen LogP contribution >= 0.6 is 11.8 Å². The maximum Gasteiger partial charge on any atom is 0.168 e. The lowest BCUT2D eigenvalue weighted by Crippen LogP contribution is -2.08. The van der Waals surface area contributed by atoms with Gasteiger partial charge in [-0.3, -0.25) is 0 Å². The van der Waals surface area contributed by atoms with Gasteiger partial charge in [-0.15, -0.1) is 0 Å². The van der Waals surface area contributed by atoms with Crippen molar-refractivity contribution in [3.05, 3.63) is 17.7 Å². The Bertz CT molecular complexity index is 361. The van der Waals surface area contributed by atoms with Gasteiger partial charge in [0.2, 0.25) is 0 Å². The van der Waals surface area contributed by atoms with Gasteiger partial charge in [-0.2, -0.15) is 11.8 Å². The predicted octanol–water partition coefficient (Wildman–Crippen LogP) is 2.96. The number of anilines is 2. The normalized spacial score (nSPS) is 10.4. The van der Waals surface area contributed by atoms with Crippen LogP contribution in [0.3, 0.4) is 0 Å². The molecule has 2 N–H and O–H groups in total. The van der Waals surface area contributed by atoms with Gasteiger partial charge in [0, 0.05) is 19.7 Å². The first-order chi connectivity index (χ1) is 8.19. The van der Waals surface area contributed by atoms with Crippen LogP contribution in [0.25, 0.3) is 0 Å². The van der Waals surface area contributed by atoms with Crippen LogP contribution < -0.4 is 10.6 Å². The quantitative estimate of drug-likeness (QED) is 0.740. The molecular weight excluding hydrogens is 244 g/mol. The highest BCUT2D eigenvalue weighted by Crippen LogP contribution is 2.18. The summed E-state index contributed by atoms with van der Waals surface area (Å²) >= 11 is 1.78. The van der Waals surface area contributed by atoms with Gasteiger partial charge >= 0.3 is 0 Å². The number of hydrogen-bond donors (Lipinski definition) is 2. The van der Waals surface area contributed by atoms with E-state index in [1.165, 1.54) is 0 Å². The molecule has 1 aromatic heterocycles. The predicted molar refractivity (Wildman–Crippen MR) is 69.8 cm³/mol. The lowest BCUT2D eigenvalue weighted by molar-refractivity contribution is 0.578. The highest BCUT2D eigenvalue weighted by atomic mass is 32.2. The second-order valence-electron chi connectivity index (χ2n) is 3.53. The van der Waals surface area contributed by atoms with Crippen molar-refractivity contribution in [2.45, 2.75) is 12.8 Å². The molecule has 1 rings (SSSR count). The average molecular weight is 261 g/mol. The van der Waals surface area contributed by atoms with Crippen LogP contribution in [0.5, 0.6) is 0 Å². The van der Waals surface area contributed by atoms with E-state index in [0.717, 1.165) is 24.7 Å². The summed E-state index contributed by atoms with van der Waals surface area (Å²) in [6, 6.07) is 0.836. The van der Waals surface area contributed by atoms with Gasteiger partial charge < -0.3 is 10.6 Å². The second kappa shape index (κ2) is 7.32. The van der Waals surface area contributed by atoms with E-state index in [9.17, 15) is 8.78 Å². The molecule has 0 saturated heterocycles. The Morgan fingerprint density at radius 1 is 1.24 bits per heavy atom. The van der Waals surface area contributed by atoms with Crippen LogP contribution in [0.2, 0.25) is 0 Å². The zero-order valence-corrected chi connectivity index (χ0v) is 10.8. The zero-order valence-electron chi connectivity index (χ0n) is 10.0. The molecule has 0 amide bonds. The maximum absolute atomic E-state index is 13.3. The Balaban J connectivity index is 2.52. The number of halogens is 2. The number of nitrogens with zero attached hydrogens (tertiary/aromatic N) is 1. The third-order valence-corrected chi connectivity index (χ3v) is 2.93. The standard InChI is InChI=1S/C11H17F2N3S/c1-14-10-8(12)7-9(13)11(16-10)15-5-3-4-6-17-2/h7H,3-6H2,1-2H3,(H2,14,15,16). The van der Waals surface area contributed by atoms with E-state index in [1.807, 2.05) is 6.26 Å². The fourth-order valence-electron chi connectivity index (χ4n) is 1.34. The summed E-state index contributed by atoms with van der Waals surface area (Å²) < 4.78 is 26.5. The number of nitrogens with one attached hydrogen (secondary N) is 2. The smallest absolute Gasteiger partial charge is 0.168 e. The van der Waals surface area contributed by atoms with Gasteiger partial charge in [0.25, 0.3) is 0 Å². The van der Waals surface area contributed by atoms with Crippen LogP contribution in [0.4, 0.5) is 20.4 Å². The highest BCUT2D eigenvalue weighted by Gasteiger charge is 2.10. The molecule has 17 heavy (non-hydrogen) atoms. The number of pyridine rings is 1. The molecule has 6 heteroatoms. The Kier molecular flexibility index (Phi) is 6.04. The van der Waals surface area contributed by atoms with E-state index >= 15 is 0 Å². The number of hydrogen-bond acceptors (Lipinski definition) is 4. The zero-order chi connectivity index (χ0) is 12.7. The largest absolute Gasteiger partial charge is 0.371 e. The summed E-state index contributed by atoms with van der Waals surface area (Å²) in [5.74, 6) is -0.106. The Morgan fingerprint density at radius 3 is 2.59 bits per heavy atom. The van der Waals surface area contributed by atoms with E-state index in [4.69, 9.17) is 0 Å². The first-order valence-corrected chi connectivity index (χ1v) is 6.85. The molecule has 0 saturated carbocycles. The molecule has 0 fully saturated rings. The van der Waals surface area contributed by atoms with Crippen molar-refractivity contribution >= 4 is 23.4 Å². The molecule has 0 aromatic carbocycles. The van der Waals surface area contributed by atoms with Crippen LogP contribution in [0.15, 0.2) is 6.07 Å². The summed E-state index contributed by atoms with van der Waals surface area (Å²) in [6.45, 7) is 0.638. The average Bonchev–Trinajstić information content (AvgIpc) is 2.31. The molecule has 0 radical (unpaired) electrons. The van der Waals surface area contributed by atoms with E-state index in [0.29, 0.717) is 6.54 Å². The fourth-order valence-corrected chi connectivity index (χ4v) is 1.84. The van der Waals surface area contributed by atoms with Crippen molar-refractivity contribution in [2.75, 3.05) is 36.2 Å². The van der Waals surface area contributed by atoms with Crippen molar-refractivity contribution in [3.63, 3.8) is 0 Å². The molecular formula is C11H17F2N3S. The molecule has 3 nitrogen and oxygen atoms in total. The SMILES string of the molecule is CNc1nc(NCCCCSC)c(F)cc1F. The van der Waals surface area contributed by atoms with Crippen LogP contribution in [-0.2, 0) is 0 Å². The monoisotopic (exact) mass is 261 g/mol. The Morgan fingerprint density at radius 2 is 1.94 bits per heavy atom. The lowest BCUT2D eigenvalue weighted by atomic mass is 10.3. The van der Waals surface area contributed by atoms with Gasteiger partial charge in [-0.1, -0.05) is 0 Å². The van der Waals surface area contributed by atoms with E-state index in [2.05, 4.69) is 15.6 Å². The van der Waals surface area contributed by atoms with Crippen molar-refractivity contribution in [1.29, 1.82) is 0 Å². The number of thioether (sulfide) groups is 1. The van der Waals surface area contributed by atoms with Crippen LogP contribution in [0, 0.1) is 11.6 Å². The number of unbranched alkanes of at least 4 members (excludes halogenated alkanes) is 1. The summed E-state index contributed by atoms with van der Waals surface area (Å²) in [5.41, 5.74) is 0. The number of rotatable bonds is 7. The molecule has 1 aromatic rings. The Hall–Kier alpha value is -1.04. The fraction of sp³-hybridized carbons (Fsp3) is 0.545. The Labute approximate surface area is 104 Å². The first-order valence-electron chi connectivity index (χ1n) is 5.45. The summed E-state index contributed by atoms with van der Waals surface area (Å²) in [4.78, 5) is 3.83. The molecule has 0 spiro atoms. The van der Waals surface area contributed by atoms with Gasteiger partial charge in [-0.25, -0.2) is 13.8 Å². The second-order valence-corrected chi connectivity index (χ2v) is 4.51. The molecule has 1 heterocycles. The van der Waals surface area contributed by atoms with Crippen molar-refractivity contribution in [3.8, 4) is 0 Å². The summed E-state index contributed by atoms with van der Waals surface area (Å²) in [7, 11) is 1.55. The topological polar surface area (TPSA) is 37.0 Å². The van der Waals surface area contributed by atoms with Gasteiger partial charge in [0.15, 0.2) is 23.3 Å². The molecule has 0 bridgehead atoms. The van der Waals surface area contributed by atoms with Crippen molar-refractivity contribution in [1.82, 2.24) is 4.98 Å². The van der Waals surface area contributed by atoms with Crippen LogP contribution in [0.1, 0.15) is 12.8 Å².